The molecule has 0 spiro atoms. The molecule has 0 amide bonds. The fourth-order valence-corrected chi connectivity index (χ4v) is 5.17. The van der Waals surface area contributed by atoms with E-state index in [0.29, 0.717) is 136 Å². The number of aromatic hydroxyl groups is 1. The molecule has 4 aromatic rings. The van der Waals surface area contributed by atoms with Gasteiger partial charge in [-0.05, 0) is 37.1 Å². The number of nitrogens with one attached hydrogen (secondary N) is 1. The van der Waals surface area contributed by atoms with Crippen molar-refractivity contribution in [2.45, 2.75) is 32.2 Å². The third-order valence-electron chi connectivity index (χ3n) is 7.69. The molecule has 6 N–H and O–H groups in total. The van der Waals surface area contributed by atoms with E-state index in [1.54, 1.807) is 12.1 Å². The SMILES string of the molecule is NCCOCCOCCOCCOCCOCCOCCOCCOCCCCCCn1nc(-c2cc3cc(O)ccc3[nH]2)c2c(N)ncnc21. The Morgan fingerprint density at radius 1 is 0.627 bits per heavy atom. The minimum atomic E-state index is 0.210. The van der Waals surface area contributed by atoms with E-state index in [2.05, 4.69) is 15.0 Å². The summed E-state index contributed by atoms with van der Waals surface area (Å²) in [5.41, 5.74) is 14.7. The summed E-state index contributed by atoms with van der Waals surface area (Å²) in [7, 11) is 0. The number of phenols is 1. The number of unbranched alkanes of at least 4 members (excludes halogenated alkanes) is 3. The van der Waals surface area contributed by atoms with Gasteiger partial charge in [-0.3, -0.25) is 0 Å². The zero-order valence-electron chi connectivity index (χ0n) is 29.6. The maximum atomic E-state index is 9.85. The van der Waals surface area contributed by atoms with E-state index in [0.717, 1.165) is 47.7 Å². The van der Waals surface area contributed by atoms with Crippen molar-refractivity contribution in [1.82, 2.24) is 24.7 Å². The molecule has 4 rings (SSSR count). The minimum absolute atomic E-state index is 0.210. The molecule has 284 valence electrons. The summed E-state index contributed by atoms with van der Waals surface area (Å²) in [5, 5.41) is 16.3. The molecule has 1 aromatic carbocycles. The standard InChI is InChI=1S/C35H55N7O9/c36-7-10-45-12-14-47-16-18-49-20-22-51-24-23-50-21-19-48-17-15-46-13-11-44-9-4-2-1-3-8-42-35-32(34(37)38-27-39-35)33(41-42)31-26-28-25-29(43)5-6-30(28)40-31/h5-6,25-27,40,43H,1-4,7-24,36H2,(H2,37,38,39). The molecule has 0 radical (unpaired) electrons. The molecular formula is C35H55N7O9. The lowest BCUT2D eigenvalue weighted by Gasteiger charge is -2.08. The van der Waals surface area contributed by atoms with Crippen molar-refractivity contribution >= 4 is 27.8 Å². The Hall–Kier alpha value is -3.45. The van der Waals surface area contributed by atoms with Crippen LogP contribution in [-0.2, 0) is 44.4 Å². The summed E-state index contributed by atoms with van der Waals surface area (Å²) in [4.78, 5) is 12.0. The number of rotatable bonds is 31. The molecular weight excluding hydrogens is 662 g/mol. The lowest BCUT2D eigenvalue weighted by Crippen LogP contribution is -2.15. The van der Waals surface area contributed by atoms with Crippen LogP contribution in [0.1, 0.15) is 25.7 Å². The van der Waals surface area contributed by atoms with E-state index >= 15 is 0 Å². The Bertz CT molecular complexity index is 1500. The number of nitrogen functional groups attached to an aromatic ring is 1. The zero-order valence-corrected chi connectivity index (χ0v) is 29.6. The smallest absolute Gasteiger partial charge is 0.164 e. The van der Waals surface area contributed by atoms with E-state index in [9.17, 15) is 5.11 Å². The summed E-state index contributed by atoms with van der Waals surface area (Å²) >= 11 is 0. The van der Waals surface area contributed by atoms with Gasteiger partial charge in [-0.25, -0.2) is 14.6 Å². The van der Waals surface area contributed by atoms with Gasteiger partial charge in [0.05, 0.1) is 110 Å². The molecule has 16 heteroatoms. The molecule has 0 atom stereocenters. The average molecular weight is 718 g/mol. The number of phenolic OH excluding ortho intramolecular Hbond substituents is 1. The number of anilines is 1. The first-order valence-corrected chi connectivity index (χ1v) is 17.8. The summed E-state index contributed by atoms with van der Waals surface area (Å²) in [5.74, 6) is 0.597. The second kappa shape index (κ2) is 24.7. The molecule has 3 aromatic heterocycles. The minimum Gasteiger partial charge on any atom is -0.508 e. The Labute approximate surface area is 299 Å². The summed E-state index contributed by atoms with van der Waals surface area (Å²) < 4.78 is 45.7. The van der Waals surface area contributed by atoms with Crippen LogP contribution in [-0.4, -0.2) is 142 Å². The highest BCUT2D eigenvalue weighted by atomic mass is 16.6. The van der Waals surface area contributed by atoms with Gasteiger partial charge in [0.1, 0.15) is 23.6 Å². The number of H-pyrrole nitrogens is 1. The highest BCUT2D eigenvalue weighted by Crippen LogP contribution is 2.32. The van der Waals surface area contributed by atoms with Crippen molar-refractivity contribution in [3.8, 4) is 17.1 Å². The van der Waals surface area contributed by atoms with E-state index in [4.69, 9.17) is 54.5 Å². The first-order valence-electron chi connectivity index (χ1n) is 17.8. The second-order valence-corrected chi connectivity index (χ2v) is 11.6. The quantitative estimate of drug-likeness (QED) is 0.0553. The molecule has 0 saturated carbocycles. The van der Waals surface area contributed by atoms with Gasteiger partial charge < -0.3 is 59.5 Å². The molecule has 0 saturated heterocycles. The van der Waals surface area contributed by atoms with Crippen LogP contribution in [0.4, 0.5) is 5.82 Å². The Morgan fingerprint density at radius 2 is 1.16 bits per heavy atom. The van der Waals surface area contributed by atoms with Gasteiger partial charge in [0.25, 0.3) is 0 Å². The van der Waals surface area contributed by atoms with Gasteiger partial charge >= 0.3 is 0 Å². The van der Waals surface area contributed by atoms with Gasteiger partial charge in [-0.2, -0.15) is 5.10 Å². The van der Waals surface area contributed by atoms with E-state index < -0.39 is 0 Å². The largest absolute Gasteiger partial charge is 0.508 e. The number of benzene rings is 1. The van der Waals surface area contributed by atoms with Crippen LogP contribution in [0.5, 0.6) is 5.75 Å². The fraction of sp³-hybridized carbons (Fsp3) is 0.629. The van der Waals surface area contributed by atoms with Crippen molar-refractivity contribution < 1.29 is 43.0 Å². The van der Waals surface area contributed by atoms with Gasteiger partial charge in [0, 0.05) is 30.6 Å². The number of hydrogen-bond donors (Lipinski definition) is 4. The van der Waals surface area contributed by atoms with Crippen LogP contribution in [0.25, 0.3) is 33.3 Å². The van der Waals surface area contributed by atoms with Crippen LogP contribution in [0, 0.1) is 0 Å². The molecule has 51 heavy (non-hydrogen) atoms. The van der Waals surface area contributed by atoms with E-state index in [-0.39, 0.29) is 5.75 Å². The topological polar surface area (TPSA) is 206 Å². The number of hydrogen-bond acceptors (Lipinski definition) is 14. The highest BCUT2D eigenvalue weighted by Gasteiger charge is 2.18. The second-order valence-electron chi connectivity index (χ2n) is 11.6. The van der Waals surface area contributed by atoms with Crippen molar-refractivity contribution in [1.29, 1.82) is 0 Å². The van der Waals surface area contributed by atoms with Gasteiger partial charge in [0.15, 0.2) is 5.65 Å². The van der Waals surface area contributed by atoms with Crippen molar-refractivity contribution in [2.24, 2.45) is 5.73 Å². The number of ether oxygens (including phenoxy) is 8. The molecule has 3 heterocycles. The van der Waals surface area contributed by atoms with Crippen molar-refractivity contribution in [3.63, 3.8) is 0 Å². The number of nitrogens with zero attached hydrogens (tertiary/aromatic N) is 4. The highest BCUT2D eigenvalue weighted by molar-refractivity contribution is 5.99. The molecule has 0 aliphatic carbocycles. The monoisotopic (exact) mass is 717 g/mol. The van der Waals surface area contributed by atoms with Gasteiger partial charge in [0.2, 0.25) is 0 Å². The normalized spacial score (nSPS) is 11.8. The maximum absolute atomic E-state index is 9.85. The van der Waals surface area contributed by atoms with E-state index in [1.165, 1.54) is 6.33 Å². The summed E-state index contributed by atoms with van der Waals surface area (Å²) in [6.45, 7) is 9.84. The maximum Gasteiger partial charge on any atom is 0.164 e. The zero-order chi connectivity index (χ0) is 35.8. The molecule has 16 nitrogen and oxygen atoms in total. The Balaban J connectivity index is 0.915. The molecule has 0 fully saturated rings. The average Bonchev–Trinajstić information content (AvgIpc) is 3.73. The van der Waals surface area contributed by atoms with Crippen LogP contribution >= 0.6 is 0 Å². The number of aryl methyl sites for hydroxylation is 1. The Morgan fingerprint density at radius 3 is 1.73 bits per heavy atom. The lowest BCUT2D eigenvalue weighted by atomic mass is 10.2. The van der Waals surface area contributed by atoms with Crippen molar-refractivity contribution in [2.75, 3.05) is 118 Å². The lowest BCUT2D eigenvalue weighted by molar-refractivity contribution is -0.0230. The molecule has 0 unspecified atom stereocenters. The van der Waals surface area contributed by atoms with E-state index in [1.807, 2.05) is 16.8 Å². The predicted molar refractivity (Wildman–Crippen MR) is 193 cm³/mol. The Kier molecular flexibility index (Phi) is 19.5. The van der Waals surface area contributed by atoms with Crippen LogP contribution in [0.2, 0.25) is 0 Å². The third kappa shape index (κ3) is 15.0. The summed E-state index contributed by atoms with van der Waals surface area (Å²) in [6.07, 6.45) is 5.48. The van der Waals surface area contributed by atoms with Gasteiger partial charge in [-0.1, -0.05) is 12.8 Å². The third-order valence-corrected chi connectivity index (χ3v) is 7.69. The number of nitrogens with two attached hydrogens (primary N) is 2. The molecule has 0 bridgehead atoms. The first kappa shape index (κ1) is 40.3. The fourth-order valence-electron chi connectivity index (χ4n) is 5.17. The predicted octanol–water partition coefficient (Wildman–Crippen LogP) is 2.91. The van der Waals surface area contributed by atoms with Crippen LogP contribution in [0.3, 0.4) is 0 Å². The first-order chi connectivity index (χ1) is 25.2. The molecule has 0 aliphatic rings. The summed E-state index contributed by atoms with van der Waals surface area (Å²) in [6, 6.07) is 7.15. The van der Waals surface area contributed by atoms with Crippen LogP contribution < -0.4 is 11.5 Å². The number of aromatic nitrogens is 5. The molecule has 0 aliphatic heterocycles. The van der Waals surface area contributed by atoms with Crippen LogP contribution in [0.15, 0.2) is 30.6 Å². The van der Waals surface area contributed by atoms with Gasteiger partial charge in [-0.15, -0.1) is 0 Å². The van der Waals surface area contributed by atoms with Crippen molar-refractivity contribution in [3.05, 3.63) is 30.6 Å². The number of aromatic amines is 1. The number of fused-ring (bicyclic) bond motifs is 2.